The number of anilines is 2. The molecular formula is C30H49N3OS. The van der Waals surface area contributed by atoms with Crippen LogP contribution < -0.4 is 10.6 Å². The standard InChI is InChI=1S/C30H49N3OS/c1-6-7-8-9-10-11-12-13-14-15-16-17-18-19-22-31-30-32-26(5)28(35-30)29(34)33-27-21-20-23(2)24(3)25(27)4/h20-21H,6-19,22H2,1-5H3,(H,31,32)(H,33,34). The van der Waals surface area contributed by atoms with Gasteiger partial charge in [0.1, 0.15) is 4.88 Å². The molecule has 2 rings (SSSR count). The third kappa shape index (κ3) is 10.7. The van der Waals surface area contributed by atoms with Crippen LogP contribution in [0, 0.1) is 27.7 Å². The van der Waals surface area contributed by atoms with Gasteiger partial charge in [0.15, 0.2) is 5.13 Å². The molecule has 0 aliphatic rings. The van der Waals surface area contributed by atoms with Crippen molar-refractivity contribution in [2.45, 2.75) is 125 Å². The molecule has 1 aromatic carbocycles. The number of rotatable bonds is 18. The Bertz CT molecular complexity index is 890. The van der Waals surface area contributed by atoms with Crippen LogP contribution in [0.4, 0.5) is 10.8 Å². The molecule has 0 saturated carbocycles. The SMILES string of the molecule is CCCCCCCCCCCCCCCCNc1nc(C)c(C(=O)Nc2ccc(C)c(C)c2C)s1. The highest BCUT2D eigenvalue weighted by Crippen LogP contribution is 2.26. The third-order valence-corrected chi connectivity index (χ3v) is 8.23. The number of carbonyl (C=O) groups is 1. The summed E-state index contributed by atoms with van der Waals surface area (Å²) >= 11 is 1.45. The van der Waals surface area contributed by atoms with Crippen LogP contribution in [0.3, 0.4) is 0 Å². The third-order valence-electron chi connectivity index (χ3n) is 7.12. The van der Waals surface area contributed by atoms with Crippen molar-refractivity contribution in [2.75, 3.05) is 17.2 Å². The van der Waals surface area contributed by atoms with Crippen molar-refractivity contribution in [3.63, 3.8) is 0 Å². The predicted octanol–water partition coefficient (Wildman–Crippen LogP) is 9.52. The van der Waals surface area contributed by atoms with Crippen molar-refractivity contribution in [1.82, 2.24) is 4.98 Å². The van der Waals surface area contributed by atoms with Crippen molar-refractivity contribution in [3.8, 4) is 0 Å². The van der Waals surface area contributed by atoms with Crippen molar-refractivity contribution >= 4 is 28.1 Å². The summed E-state index contributed by atoms with van der Waals surface area (Å²) < 4.78 is 0. The molecule has 0 aliphatic carbocycles. The van der Waals surface area contributed by atoms with Crippen molar-refractivity contribution in [1.29, 1.82) is 0 Å². The fraction of sp³-hybridized carbons (Fsp3) is 0.667. The van der Waals surface area contributed by atoms with Crippen LogP contribution in [-0.4, -0.2) is 17.4 Å². The molecule has 35 heavy (non-hydrogen) atoms. The molecule has 0 unspecified atom stereocenters. The lowest BCUT2D eigenvalue weighted by molar-refractivity contribution is 0.102. The summed E-state index contributed by atoms with van der Waals surface area (Å²) in [4.78, 5) is 18.1. The lowest BCUT2D eigenvalue weighted by Crippen LogP contribution is -2.13. The molecule has 0 radical (unpaired) electrons. The molecule has 196 valence electrons. The number of hydrogen-bond donors (Lipinski definition) is 2. The molecule has 0 atom stereocenters. The van der Waals surface area contributed by atoms with Gasteiger partial charge in [-0.2, -0.15) is 0 Å². The summed E-state index contributed by atoms with van der Waals surface area (Å²) in [6.45, 7) is 11.4. The van der Waals surface area contributed by atoms with Crippen LogP contribution in [0.5, 0.6) is 0 Å². The number of nitrogens with zero attached hydrogens (tertiary/aromatic N) is 1. The van der Waals surface area contributed by atoms with E-state index in [0.29, 0.717) is 4.88 Å². The van der Waals surface area contributed by atoms with Gasteiger partial charge in [-0.15, -0.1) is 0 Å². The highest BCUT2D eigenvalue weighted by atomic mass is 32.1. The Morgan fingerprint density at radius 3 is 1.89 bits per heavy atom. The van der Waals surface area contributed by atoms with E-state index < -0.39 is 0 Å². The zero-order valence-electron chi connectivity index (χ0n) is 23.0. The first kappa shape index (κ1) is 29.4. The zero-order chi connectivity index (χ0) is 25.5. The van der Waals surface area contributed by atoms with Crippen LogP contribution in [0.25, 0.3) is 0 Å². The van der Waals surface area contributed by atoms with Crippen molar-refractivity contribution in [3.05, 3.63) is 39.4 Å². The average Bonchev–Trinajstić information content (AvgIpc) is 3.22. The summed E-state index contributed by atoms with van der Waals surface area (Å²) in [6.07, 6.45) is 19.2. The number of nitrogens with one attached hydrogen (secondary N) is 2. The lowest BCUT2D eigenvalue weighted by Gasteiger charge is -2.12. The first-order chi connectivity index (χ1) is 16.9. The molecule has 0 bridgehead atoms. The number of hydrogen-bond acceptors (Lipinski definition) is 4. The maximum atomic E-state index is 12.8. The van der Waals surface area contributed by atoms with Gasteiger partial charge >= 0.3 is 0 Å². The number of carbonyl (C=O) groups excluding carboxylic acids is 1. The summed E-state index contributed by atoms with van der Waals surface area (Å²) in [5.74, 6) is -0.0732. The van der Waals surface area contributed by atoms with Crippen LogP contribution in [0.2, 0.25) is 0 Å². The quantitative estimate of drug-likeness (QED) is 0.201. The molecule has 0 spiro atoms. The lowest BCUT2D eigenvalue weighted by atomic mass is 10.0. The van der Waals surface area contributed by atoms with E-state index in [1.807, 2.05) is 13.0 Å². The molecule has 1 aromatic heterocycles. The molecule has 1 heterocycles. The van der Waals surface area contributed by atoms with Crippen LogP contribution in [0.15, 0.2) is 12.1 Å². The second-order valence-corrected chi connectivity index (χ2v) is 11.1. The Labute approximate surface area is 218 Å². The van der Waals surface area contributed by atoms with Gasteiger partial charge < -0.3 is 10.6 Å². The highest BCUT2D eigenvalue weighted by Gasteiger charge is 2.16. The van der Waals surface area contributed by atoms with E-state index in [-0.39, 0.29) is 5.91 Å². The van der Waals surface area contributed by atoms with Gasteiger partial charge in [0.2, 0.25) is 0 Å². The number of unbranched alkanes of at least 4 members (excludes halogenated alkanes) is 13. The smallest absolute Gasteiger partial charge is 0.267 e. The van der Waals surface area contributed by atoms with Crippen molar-refractivity contribution < 1.29 is 4.79 Å². The van der Waals surface area contributed by atoms with Gasteiger partial charge in [-0.05, 0) is 56.9 Å². The molecule has 5 heteroatoms. The normalized spacial score (nSPS) is 11.1. The molecular weight excluding hydrogens is 450 g/mol. The van der Waals surface area contributed by atoms with E-state index in [2.05, 4.69) is 49.4 Å². The van der Waals surface area contributed by atoms with Gasteiger partial charge in [0.25, 0.3) is 5.91 Å². The van der Waals surface area contributed by atoms with Crippen LogP contribution in [0.1, 0.15) is 129 Å². The van der Waals surface area contributed by atoms with E-state index in [4.69, 9.17) is 0 Å². The Balaban J connectivity index is 1.56. The first-order valence-electron chi connectivity index (χ1n) is 14.0. The van der Waals surface area contributed by atoms with Gasteiger partial charge in [0.05, 0.1) is 5.69 Å². The molecule has 0 saturated heterocycles. The van der Waals surface area contributed by atoms with E-state index in [0.717, 1.165) is 35.0 Å². The molecule has 1 amide bonds. The topological polar surface area (TPSA) is 54.0 Å². The Kier molecular flexibility index (Phi) is 14.0. The molecule has 0 fully saturated rings. The minimum Gasteiger partial charge on any atom is -0.361 e. The van der Waals surface area contributed by atoms with Gasteiger partial charge in [-0.1, -0.05) is 108 Å². The van der Waals surface area contributed by atoms with E-state index in [1.165, 1.54) is 106 Å². The minimum absolute atomic E-state index is 0.0732. The maximum absolute atomic E-state index is 12.8. The average molecular weight is 500 g/mol. The summed E-state index contributed by atoms with van der Waals surface area (Å²) in [5, 5.41) is 7.34. The maximum Gasteiger partial charge on any atom is 0.267 e. The Hall–Kier alpha value is -1.88. The number of aryl methyl sites for hydroxylation is 2. The number of thiazole rings is 1. The number of amides is 1. The predicted molar refractivity (Wildman–Crippen MR) is 154 cm³/mol. The van der Waals surface area contributed by atoms with Gasteiger partial charge in [-0.3, -0.25) is 4.79 Å². The zero-order valence-corrected chi connectivity index (χ0v) is 23.8. The summed E-state index contributed by atoms with van der Waals surface area (Å²) in [7, 11) is 0. The Morgan fingerprint density at radius 1 is 0.771 bits per heavy atom. The number of benzene rings is 1. The monoisotopic (exact) mass is 499 g/mol. The van der Waals surface area contributed by atoms with Gasteiger partial charge in [-0.25, -0.2) is 4.98 Å². The number of aromatic nitrogens is 1. The minimum atomic E-state index is -0.0732. The fourth-order valence-corrected chi connectivity index (χ4v) is 5.36. The second-order valence-electron chi connectivity index (χ2n) is 10.1. The van der Waals surface area contributed by atoms with Crippen LogP contribution >= 0.6 is 11.3 Å². The van der Waals surface area contributed by atoms with E-state index in [9.17, 15) is 4.79 Å². The summed E-state index contributed by atoms with van der Waals surface area (Å²) in [5.41, 5.74) is 5.25. The largest absolute Gasteiger partial charge is 0.361 e. The van der Waals surface area contributed by atoms with Crippen LogP contribution in [-0.2, 0) is 0 Å². The summed E-state index contributed by atoms with van der Waals surface area (Å²) in [6, 6.07) is 4.04. The molecule has 4 nitrogen and oxygen atoms in total. The van der Waals surface area contributed by atoms with Gasteiger partial charge in [0, 0.05) is 12.2 Å². The molecule has 0 aliphatic heterocycles. The molecule has 2 aromatic rings. The van der Waals surface area contributed by atoms with E-state index >= 15 is 0 Å². The highest BCUT2D eigenvalue weighted by molar-refractivity contribution is 7.17. The Morgan fingerprint density at radius 2 is 1.31 bits per heavy atom. The second kappa shape index (κ2) is 16.7. The first-order valence-corrected chi connectivity index (χ1v) is 14.8. The van der Waals surface area contributed by atoms with Crippen molar-refractivity contribution in [2.24, 2.45) is 0 Å². The molecule has 2 N–H and O–H groups in total. The fourth-order valence-electron chi connectivity index (χ4n) is 4.47. The van der Waals surface area contributed by atoms with E-state index in [1.54, 1.807) is 0 Å².